The van der Waals surface area contributed by atoms with E-state index in [2.05, 4.69) is 56.8 Å². The number of aromatic nitrogens is 2. The van der Waals surface area contributed by atoms with Crippen LogP contribution >= 0.6 is 11.8 Å². The molecule has 1 rings (SSSR count). The molecule has 0 fully saturated rings. The third-order valence-corrected chi connectivity index (χ3v) is 4.50. The Morgan fingerprint density at radius 2 is 1.67 bits per heavy atom. The summed E-state index contributed by atoms with van der Waals surface area (Å²) < 4.78 is 0. The van der Waals surface area contributed by atoms with Crippen LogP contribution in [0.2, 0.25) is 0 Å². The number of hydrogen-bond donors (Lipinski definition) is 1. The summed E-state index contributed by atoms with van der Waals surface area (Å²) in [5, 5.41) is 4.88. The molecular formula is C14H25N3S. The van der Waals surface area contributed by atoms with Crippen LogP contribution in [0.3, 0.4) is 0 Å². The first kappa shape index (κ1) is 15.4. The standard InChI is InChI=1S/C14H25N3S/c1-7-8-15-12(5)13(6)18-14-16-10(3)9(2)11(4)17-14/h12-13,15H,7-8H2,1-6H3. The van der Waals surface area contributed by atoms with E-state index in [0.717, 1.165) is 23.1 Å². The van der Waals surface area contributed by atoms with E-state index < -0.39 is 0 Å². The largest absolute Gasteiger partial charge is 0.313 e. The molecule has 0 aliphatic heterocycles. The van der Waals surface area contributed by atoms with E-state index in [-0.39, 0.29) is 0 Å². The van der Waals surface area contributed by atoms with E-state index in [1.807, 2.05) is 0 Å². The number of nitrogens with one attached hydrogen (secondary N) is 1. The second-order valence-electron chi connectivity index (χ2n) is 4.87. The van der Waals surface area contributed by atoms with Crippen molar-refractivity contribution in [3.63, 3.8) is 0 Å². The molecule has 0 aliphatic rings. The van der Waals surface area contributed by atoms with Gasteiger partial charge in [0.25, 0.3) is 0 Å². The minimum Gasteiger partial charge on any atom is -0.313 e. The van der Waals surface area contributed by atoms with E-state index in [1.165, 1.54) is 12.0 Å². The van der Waals surface area contributed by atoms with E-state index >= 15 is 0 Å². The Balaban J connectivity index is 2.67. The highest BCUT2D eigenvalue weighted by atomic mass is 32.2. The van der Waals surface area contributed by atoms with E-state index in [0.29, 0.717) is 11.3 Å². The predicted octanol–water partition coefficient (Wildman–Crippen LogP) is 3.27. The minimum atomic E-state index is 0.470. The van der Waals surface area contributed by atoms with Crippen molar-refractivity contribution in [1.29, 1.82) is 0 Å². The average molecular weight is 267 g/mol. The van der Waals surface area contributed by atoms with Gasteiger partial charge in [-0.25, -0.2) is 9.97 Å². The number of hydrogen-bond acceptors (Lipinski definition) is 4. The van der Waals surface area contributed by atoms with Gasteiger partial charge in [-0.15, -0.1) is 0 Å². The fourth-order valence-corrected chi connectivity index (χ4v) is 2.61. The summed E-state index contributed by atoms with van der Waals surface area (Å²) in [6.45, 7) is 13.9. The molecule has 0 spiro atoms. The zero-order valence-electron chi connectivity index (χ0n) is 12.4. The highest BCUT2D eigenvalue weighted by Gasteiger charge is 2.15. The lowest BCUT2D eigenvalue weighted by Crippen LogP contribution is -2.34. The summed E-state index contributed by atoms with van der Waals surface area (Å²) >= 11 is 1.75. The van der Waals surface area contributed by atoms with Gasteiger partial charge in [0.2, 0.25) is 0 Å². The van der Waals surface area contributed by atoms with Gasteiger partial charge in [0.15, 0.2) is 5.16 Å². The molecule has 1 heterocycles. The van der Waals surface area contributed by atoms with Gasteiger partial charge >= 0.3 is 0 Å². The molecule has 18 heavy (non-hydrogen) atoms. The van der Waals surface area contributed by atoms with Gasteiger partial charge in [-0.3, -0.25) is 0 Å². The van der Waals surface area contributed by atoms with Crippen LogP contribution in [0.15, 0.2) is 5.16 Å². The number of thioether (sulfide) groups is 1. The van der Waals surface area contributed by atoms with Crippen molar-refractivity contribution in [3.05, 3.63) is 17.0 Å². The summed E-state index contributed by atoms with van der Waals surface area (Å²) in [6, 6.07) is 0.473. The van der Waals surface area contributed by atoms with Crippen LogP contribution in [-0.2, 0) is 0 Å². The second-order valence-corrected chi connectivity index (χ2v) is 6.21. The molecule has 0 saturated heterocycles. The first-order valence-electron chi connectivity index (χ1n) is 6.67. The third kappa shape index (κ3) is 4.25. The highest BCUT2D eigenvalue weighted by Crippen LogP contribution is 2.23. The number of aryl methyl sites for hydroxylation is 2. The van der Waals surface area contributed by atoms with Crippen molar-refractivity contribution >= 4 is 11.8 Å². The van der Waals surface area contributed by atoms with Crippen molar-refractivity contribution in [2.45, 2.75) is 64.4 Å². The van der Waals surface area contributed by atoms with Crippen molar-refractivity contribution in [2.24, 2.45) is 0 Å². The first-order chi connectivity index (χ1) is 8.45. The fraction of sp³-hybridized carbons (Fsp3) is 0.714. The molecule has 0 saturated carbocycles. The Morgan fingerprint density at radius 1 is 1.11 bits per heavy atom. The van der Waals surface area contributed by atoms with E-state index in [9.17, 15) is 0 Å². The number of nitrogens with zero attached hydrogens (tertiary/aromatic N) is 2. The molecule has 1 N–H and O–H groups in total. The van der Waals surface area contributed by atoms with Crippen molar-refractivity contribution in [2.75, 3.05) is 6.54 Å². The maximum absolute atomic E-state index is 4.56. The molecular weight excluding hydrogens is 242 g/mol. The molecule has 102 valence electrons. The van der Waals surface area contributed by atoms with Gasteiger partial charge in [0, 0.05) is 22.7 Å². The molecule has 0 aliphatic carbocycles. The smallest absolute Gasteiger partial charge is 0.188 e. The SMILES string of the molecule is CCCNC(C)C(C)Sc1nc(C)c(C)c(C)n1. The maximum Gasteiger partial charge on any atom is 0.188 e. The van der Waals surface area contributed by atoms with Gasteiger partial charge in [0.05, 0.1) is 0 Å². The molecule has 3 nitrogen and oxygen atoms in total. The van der Waals surface area contributed by atoms with Crippen molar-refractivity contribution in [1.82, 2.24) is 15.3 Å². The summed E-state index contributed by atoms with van der Waals surface area (Å²) in [6.07, 6.45) is 1.17. The minimum absolute atomic E-state index is 0.470. The fourth-order valence-electron chi connectivity index (χ4n) is 1.60. The lowest BCUT2D eigenvalue weighted by Gasteiger charge is -2.20. The van der Waals surface area contributed by atoms with Crippen LogP contribution in [0.5, 0.6) is 0 Å². The van der Waals surface area contributed by atoms with E-state index in [4.69, 9.17) is 0 Å². The van der Waals surface area contributed by atoms with Crippen LogP contribution in [0.1, 0.15) is 44.1 Å². The summed E-state index contributed by atoms with van der Waals surface area (Å²) in [5.41, 5.74) is 3.38. The normalized spacial score (nSPS) is 14.6. The molecule has 0 bridgehead atoms. The first-order valence-corrected chi connectivity index (χ1v) is 7.55. The van der Waals surface area contributed by atoms with Crippen molar-refractivity contribution < 1.29 is 0 Å². The summed E-state index contributed by atoms with van der Waals surface area (Å²) in [4.78, 5) is 9.12. The third-order valence-electron chi connectivity index (χ3n) is 3.32. The Hall–Kier alpha value is -0.610. The van der Waals surface area contributed by atoms with Gasteiger partial charge in [-0.2, -0.15) is 0 Å². The Kier molecular flexibility index (Phi) is 6.09. The highest BCUT2D eigenvalue weighted by molar-refractivity contribution is 7.99. The molecule has 2 atom stereocenters. The van der Waals surface area contributed by atoms with Gasteiger partial charge in [0.1, 0.15) is 0 Å². The van der Waals surface area contributed by atoms with Gasteiger partial charge < -0.3 is 5.32 Å². The van der Waals surface area contributed by atoms with Crippen LogP contribution in [0.4, 0.5) is 0 Å². The molecule has 2 unspecified atom stereocenters. The topological polar surface area (TPSA) is 37.8 Å². The molecule has 0 radical (unpaired) electrons. The van der Waals surface area contributed by atoms with Crippen LogP contribution in [-0.4, -0.2) is 27.8 Å². The van der Waals surface area contributed by atoms with Gasteiger partial charge in [-0.1, -0.05) is 25.6 Å². The lowest BCUT2D eigenvalue weighted by molar-refractivity contribution is 0.541. The summed E-state index contributed by atoms with van der Waals surface area (Å²) in [7, 11) is 0. The second kappa shape index (κ2) is 7.10. The summed E-state index contributed by atoms with van der Waals surface area (Å²) in [5.74, 6) is 0. The Labute approximate surface area is 115 Å². The van der Waals surface area contributed by atoms with Crippen LogP contribution < -0.4 is 5.32 Å². The Bertz CT molecular complexity index is 370. The molecule has 1 aromatic heterocycles. The molecule has 0 amide bonds. The van der Waals surface area contributed by atoms with Crippen LogP contribution in [0.25, 0.3) is 0 Å². The average Bonchev–Trinajstić information content (AvgIpc) is 2.32. The predicted molar refractivity (Wildman–Crippen MR) is 79.3 cm³/mol. The quantitative estimate of drug-likeness (QED) is 0.634. The zero-order valence-corrected chi connectivity index (χ0v) is 13.2. The maximum atomic E-state index is 4.56. The Morgan fingerprint density at radius 3 is 2.17 bits per heavy atom. The lowest BCUT2D eigenvalue weighted by atomic mass is 10.2. The molecule has 4 heteroatoms. The monoisotopic (exact) mass is 267 g/mol. The number of rotatable bonds is 6. The van der Waals surface area contributed by atoms with Crippen molar-refractivity contribution in [3.8, 4) is 0 Å². The van der Waals surface area contributed by atoms with E-state index in [1.54, 1.807) is 11.8 Å². The molecule has 0 aromatic carbocycles. The molecule has 1 aromatic rings. The van der Waals surface area contributed by atoms with Gasteiger partial charge in [-0.05, 0) is 46.2 Å². The zero-order chi connectivity index (χ0) is 13.7. The van der Waals surface area contributed by atoms with Crippen LogP contribution in [0, 0.1) is 20.8 Å².